The number of aromatic nitrogens is 4. The fourth-order valence-electron chi connectivity index (χ4n) is 2.30. The van der Waals surface area contributed by atoms with Gasteiger partial charge in [0.2, 0.25) is 11.5 Å². The molecule has 0 aromatic carbocycles. The average Bonchev–Trinajstić information content (AvgIpc) is 3.05. The first-order chi connectivity index (χ1) is 11.6. The summed E-state index contributed by atoms with van der Waals surface area (Å²) in [4.78, 5) is 8.56. The van der Waals surface area contributed by atoms with Crippen LogP contribution in [0.4, 0.5) is 10.1 Å². The Hall–Kier alpha value is -3.28. The van der Waals surface area contributed by atoms with E-state index in [0.29, 0.717) is 34.7 Å². The molecule has 0 bridgehead atoms. The molecule has 122 valence electrons. The van der Waals surface area contributed by atoms with Crippen LogP contribution >= 0.6 is 0 Å². The van der Waals surface area contributed by atoms with Gasteiger partial charge in [-0.15, -0.1) is 0 Å². The van der Waals surface area contributed by atoms with Crippen molar-refractivity contribution in [3.05, 3.63) is 34.6 Å². The predicted molar refractivity (Wildman–Crippen MR) is 82.0 cm³/mol. The smallest absolute Gasteiger partial charge is 0.232 e. The lowest BCUT2D eigenvalue weighted by Crippen LogP contribution is -2.07. The Morgan fingerprint density at radius 1 is 1.33 bits per heavy atom. The highest BCUT2D eigenvalue weighted by Gasteiger charge is 2.16. The summed E-state index contributed by atoms with van der Waals surface area (Å²) in [5, 5.41) is 16.5. The van der Waals surface area contributed by atoms with E-state index < -0.39 is 6.67 Å². The number of nitrogens with two attached hydrogens (primary N) is 1. The second-order valence-corrected chi connectivity index (χ2v) is 5.01. The van der Waals surface area contributed by atoms with Gasteiger partial charge in [0.05, 0.1) is 5.69 Å². The highest BCUT2D eigenvalue weighted by atomic mass is 19.1. The fraction of sp³-hybridized carbons (Fsp3) is 0.267. The molecular formula is C15H13FN6O2. The number of nitrogens with zero attached hydrogens (tertiary/aromatic N) is 5. The van der Waals surface area contributed by atoms with Crippen LogP contribution in [-0.4, -0.2) is 33.6 Å². The van der Waals surface area contributed by atoms with Gasteiger partial charge in [-0.2, -0.15) is 5.26 Å². The number of aryl methyl sites for hydroxylation is 1. The molecule has 9 heteroatoms. The molecule has 0 saturated carbocycles. The van der Waals surface area contributed by atoms with Crippen LogP contribution < -0.4 is 10.5 Å². The van der Waals surface area contributed by atoms with Gasteiger partial charge in [0.25, 0.3) is 0 Å². The maximum atomic E-state index is 12.3. The van der Waals surface area contributed by atoms with Crippen LogP contribution in [0.1, 0.15) is 22.5 Å². The minimum atomic E-state index is -0.664. The van der Waals surface area contributed by atoms with E-state index in [-0.39, 0.29) is 18.1 Å². The van der Waals surface area contributed by atoms with E-state index in [1.54, 1.807) is 19.1 Å². The normalized spacial score (nSPS) is 10.7. The molecule has 0 unspecified atom stereocenters. The Balaban J connectivity index is 1.98. The van der Waals surface area contributed by atoms with E-state index in [1.807, 2.05) is 6.07 Å². The van der Waals surface area contributed by atoms with Crippen molar-refractivity contribution in [2.45, 2.75) is 13.3 Å². The monoisotopic (exact) mass is 328 g/mol. The van der Waals surface area contributed by atoms with Crippen LogP contribution in [-0.2, 0) is 6.42 Å². The summed E-state index contributed by atoms with van der Waals surface area (Å²) in [6, 6.07) is 5.22. The lowest BCUT2D eigenvalue weighted by Gasteiger charge is -2.10. The van der Waals surface area contributed by atoms with Gasteiger partial charge >= 0.3 is 0 Å². The first kappa shape index (κ1) is 15.6. The molecule has 0 aliphatic heterocycles. The lowest BCUT2D eigenvalue weighted by atomic mass is 10.0. The highest BCUT2D eigenvalue weighted by molar-refractivity contribution is 5.85. The number of nitriles is 1. The number of hydrogen-bond donors (Lipinski definition) is 1. The first-order valence-corrected chi connectivity index (χ1v) is 7.10. The molecule has 0 atom stereocenters. The summed E-state index contributed by atoms with van der Waals surface area (Å²) < 4.78 is 22.1. The van der Waals surface area contributed by atoms with E-state index in [4.69, 9.17) is 15.7 Å². The van der Waals surface area contributed by atoms with Crippen molar-refractivity contribution in [1.82, 2.24) is 20.3 Å². The molecule has 0 saturated heterocycles. The summed E-state index contributed by atoms with van der Waals surface area (Å²) in [6.45, 7) is 0.969. The largest absolute Gasteiger partial charge is 0.474 e. The van der Waals surface area contributed by atoms with Crippen molar-refractivity contribution in [3.8, 4) is 11.9 Å². The number of fused-ring (bicyclic) bond motifs is 1. The maximum Gasteiger partial charge on any atom is 0.232 e. The van der Waals surface area contributed by atoms with Crippen LogP contribution in [0, 0.1) is 18.3 Å². The number of anilines is 1. The molecule has 2 N–H and O–H groups in total. The predicted octanol–water partition coefficient (Wildman–Crippen LogP) is 1.71. The SMILES string of the molecule is Cc1nc2nonc2c(N)c1Cc1ccc(C#N)c(OCCF)n1. The van der Waals surface area contributed by atoms with Crippen molar-refractivity contribution in [2.75, 3.05) is 19.0 Å². The molecule has 0 aliphatic carbocycles. The van der Waals surface area contributed by atoms with Crippen LogP contribution in [0.15, 0.2) is 16.8 Å². The number of halogens is 1. The molecule has 3 heterocycles. The molecule has 0 spiro atoms. The van der Waals surface area contributed by atoms with E-state index in [1.165, 1.54) is 0 Å². The number of nitrogen functional groups attached to an aromatic ring is 1. The van der Waals surface area contributed by atoms with Crippen LogP contribution in [0.25, 0.3) is 11.2 Å². The van der Waals surface area contributed by atoms with E-state index in [2.05, 4.69) is 24.9 Å². The zero-order valence-corrected chi connectivity index (χ0v) is 12.8. The Morgan fingerprint density at radius 3 is 2.92 bits per heavy atom. The molecule has 3 aromatic rings. The first-order valence-electron chi connectivity index (χ1n) is 7.10. The molecule has 8 nitrogen and oxygen atoms in total. The van der Waals surface area contributed by atoms with Gasteiger partial charge in [-0.1, -0.05) is 0 Å². The average molecular weight is 328 g/mol. The molecule has 0 aliphatic rings. The molecule has 3 aromatic heterocycles. The van der Waals surface area contributed by atoms with Gasteiger partial charge < -0.3 is 10.5 Å². The van der Waals surface area contributed by atoms with Crippen LogP contribution in [0.3, 0.4) is 0 Å². The number of pyridine rings is 2. The summed E-state index contributed by atoms with van der Waals surface area (Å²) in [5.74, 6) is 0.0982. The van der Waals surface area contributed by atoms with Crippen molar-refractivity contribution in [2.24, 2.45) is 0 Å². The maximum absolute atomic E-state index is 12.3. The Kier molecular flexibility index (Phi) is 4.20. The third-order valence-corrected chi connectivity index (χ3v) is 3.47. The van der Waals surface area contributed by atoms with Gasteiger partial charge in [0.15, 0.2) is 5.52 Å². The van der Waals surface area contributed by atoms with Crippen molar-refractivity contribution in [1.29, 1.82) is 5.26 Å². The molecule has 0 amide bonds. The van der Waals surface area contributed by atoms with Crippen LogP contribution in [0.5, 0.6) is 5.88 Å². The summed E-state index contributed by atoms with van der Waals surface area (Å²) in [5.41, 5.74) is 9.52. The third kappa shape index (κ3) is 2.81. The van der Waals surface area contributed by atoms with Gasteiger partial charge in [0, 0.05) is 23.4 Å². The van der Waals surface area contributed by atoms with Gasteiger partial charge in [-0.3, -0.25) is 0 Å². The van der Waals surface area contributed by atoms with Crippen LogP contribution in [0.2, 0.25) is 0 Å². The Morgan fingerprint density at radius 2 is 2.17 bits per heavy atom. The summed E-state index contributed by atoms with van der Waals surface area (Å²) in [6.07, 6.45) is 0.352. The Bertz CT molecular complexity index is 934. The number of hydrogen-bond acceptors (Lipinski definition) is 8. The van der Waals surface area contributed by atoms with Gasteiger partial charge in [0.1, 0.15) is 24.9 Å². The summed E-state index contributed by atoms with van der Waals surface area (Å²) in [7, 11) is 0. The van der Waals surface area contributed by atoms with Gasteiger partial charge in [-0.25, -0.2) is 19.0 Å². The topological polar surface area (TPSA) is 124 Å². The number of rotatable bonds is 5. The zero-order chi connectivity index (χ0) is 17.1. The minimum Gasteiger partial charge on any atom is -0.474 e. The minimum absolute atomic E-state index is 0.0982. The van der Waals surface area contributed by atoms with Crippen molar-refractivity contribution in [3.63, 3.8) is 0 Å². The lowest BCUT2D eigenvalue weighted by molar-refractivity contribution is 0.263. The quantitative estimate of drug-likeness (QED) is 0.750. The van der Waals surface area contributed by atoms with E-state index in [9.17, 15) is 4.39 Å². The van der Waals surface area contributed by atoms with Crippen molar-refractivity contribution >= 4 is 16.9 Å². The molecule has 24 heavy (non-hydrogen) atoms. The van der Waals surface area contributed by atoms with Crippen molar-refractivity contribution < 1.29 is 13.8 Å². The number of ether oxygens (including phenoxy) is 1. The second-order valence-electron chi connectivity index (χ2n) is 5.01. The second kappa shape index (κ2) is 6.45. The zero-order valence-electron chi connectivity index (χ0n) is 12.8. The van der Waals surface area contributed by atoms with E-state index in [0.717, 1.165) is 5.56 Å². The highest BCUT2D eigenvalue weighted by Crippen LogP contribution is 2.26. The van der Waals surface area contributed by atoms with Gasteiger partial charge in [-0.05, 0) is 29.4 Å². The number of alkyl halides is 1. The fourth-order valence-corrected chi connectivity index (χ4v) is 2.30. The van der Waals surface area contributed by atoms with E-state index >= 15 is 0 Å². The molecular weight excluding hydrogens is 315 g/mol. The molecule has 0 radical (unpaired) electrons. The molecule has 3 rings (SSSR count). The third-order valence-electron chi connectivity index (χ3n) is 3.47. The Labute approximate surface area is 136 Å². The standard InChI is InChI=1S/C15H13FN6O2/c1-8-11(12(18)13-14(19-8)22-24-21-13)6-10-3-2-9(7-17)15(20-10)23-5-4-16/h2-3H,4-6,18H2,1H3. The molecule has 0 fully saturated rings. The summed E-state index contributed by atoms with van der Waals surface area (Å²) >= 11 is 0.